The Morgan fingerprint density at radius 3 is 2.26 bits per heavy atom. The molecule has 2 aromatic rings. The summed E-state index contributed by atoms with van der Waals surface area (Å²) in [6, 6.07) is 7.96. The van der Waals surface area contributed by atoms with Gasteiger partial charge < -0.3 is 4.90 Å². The van der Waals surface area contributed by atoms with Crippen LogP contribution in [0, 0.1) is 18.6 Å². The van der Waals surface area contributed by atoms with Gasteiger partial charge in [0, 0.05) is 31.7 Å². The molecule has 5 nitrogen and oxygen atoms in total. The van der Waals surface area contributed by atoms with Gasteiger partial charge in [0.1, 0.15) is 11.6 Å². The maximum Gasteiger partial charge on any atom is 0.243 e. The van der Waals surface area contributed by atoms with Crippen molar-refractivity contribution >= 4 is 21.5 Å². The smallest absolute Gasteiger partial charge is 0.243 e. The Morgan fingerprint density at radius 2 is 1.67 bits per heavy atom. The predicted octanol–water partition coefficient (Wildman–Crippen LogP) is 2.99. The van der Waals surface area contributed by atoms with Crippen molar-refractivity contribution in [3.8, 4) is 0 Å². The SMILES string of the molecule is CC(=O)c1ccc(N2CCN(S(=O)(=O)c3cc(F)ccc3C)CC2)c(F)c1. The third-order valence-corrected chi connectivity index (χ3v) is 6.74. The van der Waals surface area contributed by atoms with E-state index in [0.717, 1.165) is 6.07 Å². The van der Waals surface area contributed by atoms with E-state index in [4.69, 9.17) is 0 Å². The van der Waals surface area contributed by atoms with Crippen LogP contribution in [-0.4, -0.2) is 44.7 Å². The highest BCUT2D eigenvalue weighted by Crippen LogP contribution is 2.26. The fourth-order valence-corrected chi connectivity index (χ4v) is 4.80. The fourth-order valence-electron chi connectivity index (χ4n) is 3.14. The first-order valence-corrected chi connectivity index (χ1v) is 9.96. The fraction of sp³-hybridized carbons (Fsp3) is 0.316. The molecule has 1 saturated heterocycles. The highest BCUT2D eigenvalue weighted by molar-refractivity contribution is 7.89. The Morgan fingerprint density at radius 1 is 1.00 bits per heavy atom. The number of Topliss-reactive ketones (excluding diaryl/α,β-unsaturated/α-hetero) is 1. The number of piperazine rings is 1. The predicted molar refractivity (Wildman–Crippen MR) is 98.5 cm³/mol. The highest BCUT2D eigenvalue weighted by atomic mass is 32.2. The third-order valence-electron chi connectivity index (χ3n) is 4.70. The summed E-state index contributed by atoms with van der Waals surface area (Å²) < 4.78 is 54.7. The van der Waals surface area contributed by atoms with Crippen LogP contribution in [-0.2, 0) is 10.0 Å². The summed E-state index contributed by atoms with van der Waals surface area (Å²) in [7, 11) is -3.82. The number of benzene rings is 2. The monoisotopic (exact) mass is 394 g/mol. The molecule has 1 fully saturated rings. The second-order valence-electron chi connectivity index (χ2n) is 6.52. The molecule has 1 aliphatic heterocycles. The molecular weight excluding hydrogens is 374 g/mol. The molecule has 2 aromatic carbocycles. The zero-order valence-corrected chi connectivity index (χ0v) is 15.9. The zero-order chi connectivity index (χ0) is 19.8. The minimum Gasteiger partial charge on any atom is -0.367 e. The summed E-state index contributed by atoms with van der Waals surface area (Å²) in [4.78, 5) is 13.0. The summed E-state index contributed by atoms with van der Waals surface area (Å²) in [5.74, 6) is -1.34. The van der Waals surface area contributed by atoms with Gasteiger partial charge in [-0.2, -0.15) is 4.31 Å². The Balaban J connectivity index is 1.77. The average Bonchev–Trinajstić information content (AvgIpc) is 2.63. The quantitative estimate of drug-likeness (QED) is 0.748. The summed E-state index contributed by atoms with van der Waals surface area (Å²) in [6.45, 7) is 3.90. The van der Waals surface area contributed by atoms with Crippen LogP contribution in [0.25, 0.3) is 0 Å². The van der Waals surface area contributed by atoms with E-state index in [9.17, 15) is 22.0 Å². The number of nitrogens with zero attached hydrogens (tertiary/aromatic N) is 2. The zero-order valence-electron chi connectivity index (χ0n) is 15.1. The maximum absolute atomic E-state index is 14.3. The van der Waals surface area contributed by atoms with Crippen LogP contribution < -0.4 is 4.90 Å². The van der Waals surface area contributed by atoms with Gasteiger partial charge in [-0.3, -0.25) is 4.79 Å². The van der Waals surface area contributed by atoms with Gasteiger partial charge in [-0.25, -0.2) is 17.2 Å². The maximum atomic E-state index is 14.3. The van der Waals surface area contributed by atoms with Crippen molar-refractivity contribution < 1.29 is 22.0 Å². The van der Waals surface area contributed by atoms with E-state index in [1.807, 2.05) is 0 Å². The van der Waals surface area contributed by atoms with Crippen LogP contribution in [0.5, 0.6) is 0 Å². The van der Waals surface area contributed by atoms with Gasteiger partial charge in [0.05, 0.1) is 10.6 Å². The Kier molecular flexibility index (Phi) is 5.30. The van der Waals surface area contributed by atoms with Gasteiger partial charge in [-0.05, 0) is 49.7 Å². The molecular formula is C19H20F2N2O3S. The number of halogens is 2. The van der Waals surface area contributed by atoms with E-state index in [1.54, 1.807) is 17.9 Å². The molecule has 144 valence electrons. The molecule has 0 radical (unpaired) electrons. The normalized spacial score (nSPS) is 15.8. The largest absolute Gasteiger partial charge is 0.367 e. The van der Waals surface area contributed by atoms with E-state index in [1.165, 1.54) is 35.5 Å². The van der Waals surface area contributed by atoms with E-state index < -0.39 is 21.7 Å². The molecule has 0 unspecified atom stereocenters. The van der Waals surface area contributed by atoms with Crippen molar-refractivity contribution in [3.63, 3.8) is 0 Å². The molecule has 0 saturated carbocycles. The number of sulfonamides is 1. The second kappa shape index (κ2) is 7.36. The van der Waals surface area contributed by atoms with E-state index in [0.29, 0.717) is 29.9 Å². The number of carbonyl (C=O) groups is 1. The summed E-state index contributed by atoms with van der Waals surface area (Å²) >= 11 is 0. The molecule has 0 amide bonds. The molecule has 0 aliphatic carbocycles. The van der Waals surface area contributed by atoms with E-state index >= 15 is 0 Å². The van der Waals surface area contributed by atoms with Gasteiger partial charge in [0.25, 0.3) is 0 Å². The second-order valence-corrected chi connectivity index (χ2v) is 8.43. The molecule has 0 bridgehead atoms. The van der Waals surface area contributed by atoms with Crippen molar-refractivity contribution in [3.05, 3.63) is 59.2 Å². The molecule has 0 atom stereocenters. The molecule has 1 heterocycles. The molecule has 0 spiro atoms. The van der Waals surface area contributed by atoms with Crippen LogP contribution in [0.3, 0.4) is 0 Å². The van der Waals surface area contributed by atoms with Crippen molar-refractivity contribution in [1.82, 2.24) is 4.31 Å². The van der Waals surface area contributed by atoms with Gasteiger partial charge in [-0.15, -0.1) is 0 Å². The Hall–Kier alpha value is -2.32. The van der Waals surface area contributed by atoms with Gasteiger partial charge in [0.15, 0.2) is 5.78 Å². The summed E-state index contributed by atoms with van der Waals surface area (Å²) in [5, 5.41) is 0. The Bertz CT molecular complexity index is 984. The molecule has 0 aromatic heterocycles. The number of ketones is 1. The molecule has 8 heteroatoms. The van der Waals surface area contributed by atoms with Crippen LogP contribution in [0.4, 0.5) is 14.5 Å². The molecule has 3 rings (SSSR count). The van der Waals surface area contributed by atoms with Gasteiger partial charge >= 0.3 is 0 Å². The number of rotatable bonds is 4. The number of hydrogen-bond donors (Lipinski definition) is 0. The lowest BCUT2D eigenvalue weighted by Gasteiger charge is -2.35. The third kappa shape index (κ3) is 3.86. The summed E-state index contributed by atoms with van der Waals surface area (Å²) in [5.41, 5.74) is 1.10. The summed E-state index contributed by atoms with van der Waals surface area (Å²) in [6.07, 6.45) is 0. The van der Waals surface area contributed by atoms with Crippen LogP contribution >= 0.6 is 0 Å². The highest BCUT2D eigenvalue weighted by Gasteiger charge is 2.30. The lowest BCUT2D eigenvalue weighted by Crippen LogP contribution is -2.49. The molecule has 1 aliphatic rings. The average molecular weight is 394 g/mol. The van der Waals surface area contributed by atoms with Crippen LogP contribution in [0.15, 0.2) is 41.3 Å². The van der Waals surface area contributed by atoms with Crippen molar-refractivity contribution in [2.75, 3.05) is 31.1 Å². The minimum atomic E-state index is -3.82. The standard InChI is InChI=1S/C19H20F2N2O3S/c1-13-3-5-16(20)12-19(13)27(25,26)23-9-7-22(8-10-23)18-6-4-15(14(2)24)11-17(18)21/h3-6,11-12H,7-10H2,1-2H3. The minimum absolute atomic E-state index is 0.0482. The first-order chi connectivity index (χ1) is 12.7. The van der Waals surface area contributed by atoms with Crippen molar-refractivity contribution in [1.29, 1.82) is 0 Å². The van der Waals surface area contributed by atoms with E-state index in [2.05, 4.69) is 0 Å². The number of carbonyl (C=O) groups excluding carboxylic acids is 1. The topological polar surface area (TPSA) is 57.7 Å². The first kappa shape index (κ1) is 19.4. The van der Waals surface area contributed by atoms with Gasteiger partial charge in [-0.1, -0.05) is 6.07 Å². The number of hydrogen-bond acceptors (Lipinski definition) is 4. The van der Waals surface area contributed by atoms with Crippen LogP contribution in [0.2, 0.25) is 0 Å². The van der Waals surface area contributed by atoms with Crippen molar-refractivity contribution in [2.24, 2.45) is 0 Å². The number of anilines is 1. The lowest BCUT2D eigenvalue weighted by atomic mass is 10.1. The first-order valence-electron chi connectivity index (χ1n) is 8.52. The molecule has 0 N–H and O–H groups in total. The van der Waals surface area contributed by atoms with Gasteiger partial charge in [0.2, 0.25) is 10.0 Å². The molecule has 27 heavy (non-hydrogen) atoms. The lowest BCUT2D eigenvalue weighted by molar-refractivity contribution is 0.101. The van der Waals surface area contributed by atoms with Crippen molar-refractivity contribution in [2.45, 2.75) is 18.7 Å². The van der Waals surface area contributed by atoms with E-state index in [-0.39, 0.29) is 23.8 Å². The van der Waals surface area contributed by atoms with Crippen LogP contribution in [0.1, 0.15) is 22.8 Å². The number of aryl methyl sites for hydroxylation is 1. The Labute approximate surface area is 157 Å².